The Kier molecular flexibility index (Phi) is 5.42. The van der Waals surface area contributed by atoms with Crippen LogP contribution in [0.1, 0.15) is 84.6 Å². The topological polar surface area (TPSA) is 0 Å². The van der Waals surface area contributed by atoms with Gasteiger partial charge in [0.05, 0.1) is 0 Å². The molecule has 0 fully saturated rings. The van der Waals surface area contributed by atoms with Gasteiger partial charge in [-0.15, -0.1) is 0 Å². The lowest BCUT2D eigenvalue weighted by Gasteiger charge is -2.33. The van der Waals surface area contributed by atoms with Gasteiger partial charge in [0.1, 0.15) is 0 Å². The number of hydrogen-bond donors (Lipinski definition) is 0. The quantitative estimate of drug-likeness (QED) is 0.531. The molecular formula is C20H33Br. The van der Waals surface area contributed by atoms with Crippen molar-refractivity contribution in [2.24, 2.45) is 0 Å². The molecule has 0 spiro atoms. The third-order valence-corrected chi connectivity index (χ3v) is 4.47. The Balaban J connectivity index is 3.75. The van der Waals surface area contributed by atoms with E-state index < -0.39 is 0 Å². The highest BCUT2D eigenvalue weighted by molar-refractivity contribution is 9.09. The molecule has 1 rings (SSSR count). The Bertz CT molecular complexity index is 455. The maximum absolute atomic E-state index is 3.65. The van der Waals surface area contributed by atoms with Crippen LogP contribution in [0, 0.1) is 0 Å². The molecule has 0 radical (unpaired) electrons. The number of alkyl halides is 1. The van der Waals surface area contributed by atoms with E-state index in [1.807, 2.05) is 0 Å². The van der Waals surface area contributed by atoms with Gasteiger partial charge in [0.25, 0.3) is 0 Å². The minimum atomic E-state index is 0.179. The normalized spacial score (nSPS) is 13.6. The fraction of sp³-hybridized carbons (Fsp3) is 0.700. The van der Waals surface area contributed by atoms with Gasteiger partial charge in [0.15, 0.2) is 0 Å². The summed E-state index contributed by atoms with van der Waals surface area (Å²) in [5.41, 5.74) is 6.57. The zero-order valence-corrected chi connectivity index (χ0v) is 17.0. The zero-order valence-electron chi connectivity index (χ0n) is 15.4. The molecule has 21 heavy (non-hydrogen) atoms. The molecule has 0 unspecified atom stereocenters. The Hall–Kier alpha value is -0.300. The first-order valence-corrected chi connectivity index (χ1v) is 9.15. The average Bonchev–Trinajstić information content (AvgIpc) is 2.24. The third kappa shape index (κ3) is 4.58. The van der Waals surface area contributed by atoms with Crippen molar-refractivity contribution in [3.05, 3.63) is 34.4 Å². The van der Waals surface area contributed by atoms with Crippen LogP contribution in [0.4, 0.5) is 0 Å². The Morgan fingerprint density at radius 2 is 1.10 bits per heavy atom. The summed E-state index contributed by atoms with van der Waals surface area (Å²) < 4.78 is 0. The maximum Gasteiger partial charge on any atom is 0.00720 e. The Labute approximate surface area is 140 Å². The van der Waals surface area contributed by atoms with Crippen molar-refractivity contribution in [2.45, 2.75) is 85.0 Å². The van der Waals surface area contributed by atoms with Crippen LogP contribution in [0.15, 0.2) is 12.1 Å². The van der Waals surface area contributed by atoms with E-state index in [2.05, 4.69) is 90.4 Å². The second-order valence-corrected chi connectivity index (χ2v) is 10.0. The molecule has 0 aromatic heterocycles. The van der Waals surface area contributed by atoms with E-state index in [1.165, 1.54) is 16.7 Å². The second kappa shape index (κ2) is 6.07. The molecular weight excluding hydrogens is 320 g/mol. The molecule has 0 saturated heterocycles. The smallest absolute Gasteiger partial charge is 0.00720 e. The lowest BCUT2D eigenvalue weighted by Crippen LogP contribution is -2.24. The highest BCUT2D eigenvalue weighted by Gasteiger charge is 2.28. The molecule has 120 valence electrons. The molecule has 0 amide bonds. The van der Waals surface area contributed by atoms with Crippen molar-refractivity contribution >= 4 is 15.9 Å². The molecule has 0 heterocycles. The molecule has 1 aromatic rings. The summed E-state index contributed by atoms with van der Waals surface area (Å²) in [6, 6.07) is 4.90. The van der Waals surface area contributed by atoms with E-state index in [0.717, 1.165) is 11.8 Å². The SMILES string of the molecule is CC(C)(C)c1cc(C(C)(C)C)c(CCBr)c(C(C)(C)C)c1. The van der Waals surface area contributed by atoms with E-state index >= 15 is 0 Å². The van der Waals surface area contributed by atoms with Gasteiger partial charge in [-0.25, -0.2) is 0 Å². The molecule has 1 heteroatoms. The van der Waals surface area contributed by atoms with Gasteiger partial charge < -0.3 is 0 Å². The van der Waals surface area contributed by atoms with Crippen LogP contribution in [0.25, 0.3) is 0 Å². The molecule has 0 aliphatic heterocycles. The summed E-state index contributed by atoms with van der Waals surface area (Å²) in [6.45, 7) is 20.9. The first kappa shape index (κ1) is 18.7. The molecule has 0 aliphatic rings. The highest BCUT2D eigenvalue weighted by Crippen LogP contribution is 2.38. The monoisotopic (exact) mass is 352 g/mol. The fourth-order valence-corrected chi connectivity index (χ4v) is 3.20. The molecule has 0 aliphatic carbocycles. The summed E-state index contributed by atoms with van der Waals surface area (Å²) >= 11 is 3.65. The first-order valence-electron chi connectivity index (χ1n) is 8.03. The summed E-state index contributed by atoms with van der Waals surface area (Å²) in [4.78, 5) is 0. The Morgan fingerprint density at radius 3 is 1.33 bits per heavy atom. The standard InChI is InChI=1S/C20H33Br/c1-18(2,3)14-12-16(19(4,5)6)15(10-11-21)17(13-14)20(7,8)9/h12-13H,10-11H2,1-9H3. The van der Waals surface area contributed by atoms with Crippen molar-refractivity contribution < 1.29 is 0 Å². The predicted molar refractivity (Wildman–Crippen MR) is 100 cm³/mol. The van der Waals surface area contributed by atoms with Gasteiger partial charge in [-0.3, -0.25) is 0 Å². The van der Waals surface area contributed by atoms with E-state index in [0.29, 0.717) is 0 Å². The predicted octanol–water partition coefficient (Wildman–Crippen LogP) is 6.52. The summed E-state index contributed by atoms with van der Waals surface area (Å²) in [5, 5.41) is 1.02. The van der Waals surface area contributed by atoms with Crippen LogP contribution in [-0.4, -0.2) is 5.33 Å². The number of benzene rings is 1. The van der Waals surface area contributed by atoms with E-state index in [1.54, 1.807) is 5.56 Å². The van der Waals surface area contributed by atoms with Gasteiger partial charge in [-0.1, -0.05) is 90.4 Å². The van der Waals surface area contributed by atoms with E-state index in [9.17, 15) is 0 Å². The summed E-state index contributed by atoms with van der Waals surface area (Å²) in [6.07, 6.45) is 1.10. The van der Waals surface area contributed by atoms with E-state index in [-0.39, 0.29) is 16.2 Å². The van der Waals surface area contributed by atoms with Crippen LogP contribution in [0.3, 0.4) is 0 Å². The minimum Gasteiger partial charge on any atom is -0.0924 e. The van der Waals surface area contributed by atoms with Crippen LogP contribution >= 0.6 is 15.9 Å². The average molecular weight is 353 g/mol. The summed E-state index contributed by atoms with van der Waals surface area (Å²) in [5.74, 6) is 0. The highest BCUT2D eigenvalue weighted by atomic mass is 79.9. The number of halogens is 1. The molecule has 1 aromatic carbocycles. The van der Waals surface area contributed by atoms with Crippen molar-refractivity contribution in [3.8, 4) is 0 Å². The van der Waals surface area contributed by atoms with Crippen molar-refractivity contribution in [1.29, 1.82) is 0 Å². The molecule has 0 atom stereocenters. The lowest BCUT2D eigenvalue weighted by atomic mass is 9.72. The zero-order chi connectivity index (χ0) is 16.6. The Morgan fingerprint density at radius 1 is 0.714 bits per heavy atom. The number of rotatable bonds is 2. The lowest BCUT2D eigenvalue weighted by molar-refractivity contribution is 0.539. The van der Waals surface area contributed by atoms with E-state index in [4.69, 9.17) is 0 Å². The fourth-order valence-electron chi connectivity index (χ4n) is 2.81. The molecule has 0 bridgehead atoms. The summed E-state index contributed by atoms with van der Waals surface area (Å²) in [7, 11) is 0. The van der Waals surface area contributed by atoms with Crippen molar-refractivity contribution in [2.75, 3.05) is 5.33 Å². The maximum atomic E-state index is 3.65. The largest absolute Gasteiger partial charge is 0.0924 e. The van der Waals surface area contributed by atoms with Crippen LogP contribution in [0.5, 0.6) is 0 Å². The third-order valence-electron chi connectivity index (χ3n) is 4.08. The number of hydrogen-bond acceptors (Lipinski definition) is 0. The molecule has 0 nitrogen and oxygen atoms in total. The second-order valence-electron chi connectivity index (χ2n) is 9.24. The van der Waals surface area contributed by atoms with Crippen LogP contribution < -0.4 is 0 Å². The van der Waals surface area contributed by atoms with Gasteiger partial charge in [0, 0.05) is 5.33 Å². The van der Waals surface area contributed by atoms with Crippen molar-refractivity contribution in [3.63, 3.8) is 0 Å². The van der Waals surface area contributed by atoms with Gasteiger partial charge in [-0.2, -0.15) is 0 Å². The van der Waals surface area contributed by atoms with Crippen molar-refractivity contribution in [1.82, 2.24) is 0 Å². The van der Waals surface area contributed by atoms with Gasteiger partial charge in [0.2, 0.25) is 0 Å². The molecule has 0 N–H and O–H groups in total. The van der Waals surface area contributed by atoms with Gasteiger partial charge in [-0.05, 0) is 44.9 Å². The minimum absolute atomic E-state index is 0.179. The molecule has 0 saturated carbocycles. The van der Waals surface area contributed by atoms with Crippen LogP contribution in [-0.2, 0) is 22.7 Å². The first-order chi connectivity index (χ1) is 9.28. The van der Waals surface area contributed by atoms with Gasteiger partial charge >= 0.3 is 0 Å². The van der Waals surface area contributed by atoms with Crippen LogP contribution in [0.2, 0.25) is 0 Å².